The molecule has 7 heteroatoms. The second-order valence-corrected chi connectivity index (χ2v) is 5.53. The minimum absolute atomic E-state index is 0.106. The summed E-state index contributed by atoms with van der Waals surface area (Å²) < 4.78 is 33.7. The Morgan fingerprint density at radius 1 is 1.25 bits per heavy atom. The molecule has 0 aliphatic heterocycles. The van der Waals surface area contributed by atoms with Crippen LogP contribution in [0, 0.1) is 13.8 Å². The summed E-state index contributed by atoms with van der Waals surface area (Å²) in [5.41, 5.74) is 2.78. The second kappa shape index (κ2) is 7.97. The van der Waals surface area contributed by atoms with Crippen LogP contribution < -0.4 is 10.1 Å². The Morgan fingerprint density at radius 3 is 2.67 bits per heavy atom. The van der Waals surface area contributed by atoms with E-state index in [-0.39, 0.29) is 17.3 Å². The Kier molecular flexibility index (Phi) is 5.98. The number of aryl methyl sites for hydroxylation is 2. The highest BCUT2D eigenvalue weighted by molar-refractivity contribution is 6.33. The lowest BCUT2D eigenvalue weighted by molar-refractivity contribution is -0.0766. The average molecular weight is 356 g/mol. The van der Waals surface area contributed by atoms with Gasteiger partial charge in [-0.1, -0.05) is 41.4 Å². The van der Waals surface area contributed by atoms with Gasteiger partial charge in [0.05, 0.1) is 10.7 Å². The molecule has 4 nitrogen and oxygen atoms in total. The number of hydrogen-bond acceptors (Lipinski definition) is 3. The summed E-state index contributed by atoms with van der Waals surface area (Å²) in [6.07, 6.45) is -1.29. The number of rotatable bonds is 5. The van der Waals surface area contributed by atoms with Crippen molar-refractivity contribution in [2.75, 3.05) is 5.32 Å². The molecule has 0 atom stereocenters. The minimum atomic E-state index is -3.21. The number of nitrogens with one attached hydrogen (secondary N) is 1. The molecule has 0 aromatic heterocycles. The summed E-state index contributed by atoms with van der Waals surface area (Å²) in [6, 6.07) is 10.6. The van der Waals surface area contributed by atoms with Gasteiger partial charge in [-0.25, -0.2) is 4.79 Å². The van der Waals surface area contributed by atoms with Gasteiger partial charge in [-0.05, 0) is 31.5 Å². The van der Waals surface area contributed by atoms with Crippen molar-refractivity contribution in [3.8, 4) is 5.75 Å². The smallest absolute Gasteiger partial charge is 0.416 e. The molecule has 0 spiro atoms. The predicted octanol–water partition coefficient (Wildman–Crippen LogP) is 5.31. The maximum atomic E-state index is 12.1. The molecule has 0 saturated heterocycles. The normalized spacial score (nSPS) is 10.6. The molecule has 2 rings (SSSR count). The van der Waals surface area contributed by atoms with E-state index in [1.165, 1.54) is 6.07 Å². The number of benzene rings is 2. The van der Waals surface area contributed by atoms with E-state index in [9.17, 15) is 13.6 Å². The summed E-state index contributed by atoms with van der Waals surface area (Å²) in [4.78, 5) is 11.4. The fourth-order valence-electron chi connectivity index (χ4n) is 2.16. The van der Waals surface area contributed by atoms with Crippen molar-refractivity contribution in [1.82, 2.24) is 0 Å². The van der Waals surface area contributed by atoms with Crippen LogP contribution in [0.2, 0.25) is 5.02 Å². The highest BCUT2D eigenvalue weighted by atomic mass is 35.5. The van der Waals surface area contributed by atoms with E-state index in [1.54, 1.807) is 12.1 Å². The highest BCUT2D eigenvalue weighted by Gasteiger charge is 2.15. The number of hydrogen-bond donors (Lipinski definition) is 1. The lowest BCUT2D eigenvalue weighted by Gasteiger charge is -2.15. The van der Waals surface area contributed by atoms with E-state index in [2.05, 4.69) is 10.1 Å². The third-order valence-electron chi connectivity index (χ3n) is 3.24. The molecule has 0 unspecified atom stereocenters. The number of carbonyl (C=O) groups excluding carboxylic acids is 1. The van der Waals surface area contributed by atoms with E-state index in [0.717, 1.165) is 11.1 Å². The van der Waals surface area contributed by atoms with Crippen molar-refractivity contribution in [3.05, 3.63) is 58.1 Å². The number of halogens is 3. The van der Waals surface area contributed by atoms with Gasteiger partial charge in [0.1, 0.15) is 12.4 Å². The first-order chi connectivity index (χ1) is 11.4. The molecule has 0 aliphatic carbocycles. The van der Waals surface area contributed by atoms with Gasteiger partial charge < -0.3 is 9.47 Å². The summed E-state index contributed by atoms with van der Waals surface area (Å²) in [5, 5.41) is 2.41. The SMILES string of the molecule is Cc1ccc(OCc2cccc(Cl)c2NC(=O)OC(F)F)c(C)c1. The minimum Gasteiger partial charge on any atom is -0.489 e. The molecule has 2 aromatic carbocycles. The van der Waals surface area contributed by atoms with Crippen molar-refractivity contribution in [3.63, 3.8) is 0 Å². The monoisotopic (exact) mass is 355 g/mol. The van der Waals surface area contributed by atoms with Crippen LogP contribution in [0.15, 0.2) is 36.4 Å². The Bertz CT molecular complexity index is 738. The molecule has 2 aromatic rings. The quantitative estimate of drug-likeness (QED) is 0.791. The standard InChI is InChI=1S/C17H16ClF2NO3/c1-10-6-7-14(11(2)8-10)23-9-12-4-3-5-13(18)15(12)21-17(22)24-16(19)20/h3-8,16H,9H2,1-2H3,(H,21,22). The number of anilines is 1. The summed E-state index contributed by atoms with van der Waals surface area (Å²) in [7, 11) is 0. The van der Waals surface area contributed by atoms with Crippen molar-refractivity contribution in [2.24, 2.45) is 0 Å². The first-order valence-corrected chi connectivity index (χ1v) is 7.48. The van der Waals surface area contributed by atoms with E-state index in [0.29, 0.717) is 11.3 Å². The van der Waals surface area contributed by atoms with Gasteiger partial charge in [-0.15, -0.1) is 0 Å². The van der Waals surface area contributed by atoms with Gasteiger partial charge in [-0.3, -0.25) is 5.32 Å². The third kappa shape index (κ3) is 4.83. The van der Waals surface area contributed by atoms with Crippen LogP contribution in [0.4, 0.5) is 19.3 Å². The van der Waals surface area contributed by atoms with Crippen LogP contribution in [-0.4, -0.2) is 12.7 Å². The molecule has 0 radical (unpaired) electrons. The van der Waals surface area contributed by atoms with Crippen molar-refractivity contribution in [2.45, 2.75) is 27.1 Å². The molecule has 0 fully saturated rings. The number of ether oxygens (including phenoxy) is 2. The fourth-order valence-corrected chi connectivity index (χ4v) is 2.40. The lowest BCUT2D eigenvalue weighted by Crippen LogP contribution is -2.18. The van der Waals surface area contributed by atoms with Gasteiger partial charge >= 0.3 is 12.7 Å². The van der Waals surface area contributed by atoms with Crippen molar-refractivity contribution >= 4 is 23.4 Å². The van der Waals surface area contributed by atoms with Crippen molar-refractivity contribution < 1.29 is 23.0 Å². The summed E-state index contributed by atoms with van der Waals surface area (Å²) >= 11 is 6.03. The molecule has 0 bridgehead atoms. The van der Waals surface area contributed by atoms with Crippen LogP contribution in [0.5, 0.6) is 5.75 Å². The van der Waals surface area contributed by atoms with Crippen LogP contribution >= 0.6 is 11.6 Å². The first kappa shape index (κ1) is 18.0. The second-order valence-electron chi connectivity index (χ2n) is 5.12. The van der Waals surface area contributed by atoms with Crippen molar-refractivity contribution in [1.29, 1.82) is 0 Å². The maximum Gasteiger partial charge on any atom is 0.416 e. The molecule has 0 heterocycles. The lowest BCUT2D eigenvalue weighted by atomic mass is 10.1. The average Bonchev–Trinajstić information content (AvgIpc) is 2.48. The third-order valence-corrected chi connectivity index (χ3v) is 3.55. The Labute approximate surface area is 143 Å². The van der Waals surface area contributed by atoms with Crippen LogP contribution in [0.1, 0.15) is 16.7 Å². The summed E-state index contributed by atoms with van der Waals surface area (Å²) in [5.74, 6) is 0.682. The molecule has 0 aliphatic rings. The number of alkyl halides is 2. The zero-order valence-corrected chi connectivity index (χ0v) is 13.9. The Morgan fingerprint density at radius 2 is 2.00 bits per heavy atom. The maximum absolute atomic E-state index is 12.1. The van der Waals surface area contributed by atoms with Gasteiger partial charge in [0.25, 0.3) is 0 Å². The van der Waals surface area contributed by atoms with E-state index in [4.69, 9.17) is 16.3 Å². The molecule has 128 valence electrons. The van der Waals surface area contributed by atoms with Gasteiger partial charge in [0.2, 0.25) is 0 Å². The number of carbonyl (C=O) groups is 1. The van der Waals surface area contributed by atoms with Crippen LogP contribution in [-0.2, 0) is 11.3 Å². The zero-order valence-electron chi connectivity index (χ0n) is 13.1. The zero-order chi connectivity index (χ0) is 17.7. The topological polar surface area (TPSA) is 47.6 Å². The molecule has 1 N–H and O–H groups in total. The molecule has 1 amide bonds. The predicted molar refractivity (Wildman–Crippen MR) is 87.8 cm³/mol. The highest BCUT2D eigenvalue weighted by Crippen LogP contribution is 2.28. The van der Waals surface area contributed by atoms with E-state index < -0.39 is 12.7 Å². The van der Waals surface area contributed by atoms with Gasteiger partial charge in [0, 0.05) is 5.56 Å². The number of para-hydroxylation sites is 1. The van der Waals surface area contributed by atoms with E-state index in [1.807, 2.05) is 32.0 Å². The van der Waals surface area contributed by atoms with Crippen LogP contribution in [0.25, 0.3) is 0 Å². The van der Waals surface area contributed by atoms with E-state index >= 15 is 0 Å². The number of amides is 1. The Balaban J connectivity index is 2.15. The van der Waals surface area contributed by atoms with Gasteiger partial charge in [0.15, 0.2) is 0 Å². The Hall–Kier alpha value is -2.34. The fraction of sp³-hybridized carbons (Fsp3) is 0.235. The summed E-state index contributed by atoms with van der Waals surface area (Å²) in [6.45, 7) is 0.793. The molecule has 0 saturated carbocycles. The van der Waals surface area contributed by atoms with Crippen LogP contribution in [0.3, 0.4) is 0 Å². The molecular formula is C17H16ClF2NO3. The largest absolute Gasteiger partial charge is 0.489 e. The molecule has 24 heavy (non-hydrogen) atoms. The first-order valence-electron chi connectivity index (χ1n) is 7.10. The molecular weight excluding hydrogens is 340 g/mol. The van der Waals surface area contributed by atoms with Gasteiger partial charge in [-0.2, -0.15) is 8.78 Å².